The summed E-state index contributed by atoms with van der Waals surface area (Å²) in [5.74, 6) is 0.931. The molecule has 0 radical (unpaired) electrons. The molecule has 0 atom stereocenters. The Balaban J connectivity index is 1.76. The van der Waals surface area contributed by atoms with Crippen molar-refractivity contribution in [1.82, 2.24) is 9.78 Å². The highest BCUT2D eigenvalue weighted by molar-refractivity contribution is 5.71. The highest BCUT2D eigenvalue weighted by Gasteiger charge is 2.15. The second kappa shape index (κ2) is 9.00. The zero-order valence-corrected chi connectivity index (χ0v) is 17.9. The summed E-state index contributed by atoms with van der Waals surface area (Å²) >= 11 is 0. The lowest BCUT2D eigenvalue weighted by atomic mass is 10.1. The molecule has 1 aliphatic rings. The lowest BCUT2D eigenvalue weighted by Gasteiger charge is -2.16. The van der Waals surface area contributed by atoms with Gasteiger partial charge in [0.2, 0.25) is 0 Å². The van der Waals surface area contributed by atoms with Gasteiger partial charge in [-0.3, -0.25) is 4.68 Å². The first-order valence-corrected chi connectivity index (χ1v) is 10.5. The monoisotopic (exact) mass is 396 g/mol. The van der Waals surface area contributed by atoms with Gasteiger partial charge in [0.1, 0.15) is 5.75 Å². The fraction of sp³-hybridized carbons (Fsp3) is 0.222. The molecule has 0 unspecified atom stereocenters. The second-order valence-corrected chi connectivity index (χ2v) is 7.93. The molecule has 3 aromatic rings. The Morgan fingerprint density at radius 2 is 1.83 bits per heavy atom. The summed E-state index contributed by atoms with van der Waals surface area (Å²) in [6, 6.07) is 19.1. The van der Waals surface area contributed by atoms with Crippen molar-refractivity contribution in [3.05, 3.63) is 102 Å². The molecule has 0 aliphatic heterocycles. The summed E-state index contributed by atoms with van der Waals surface area (Å²) in [4.78, 5) is 0. The van der Waals surface area contributed by atoms with E-state index in [9.17, 15) is 0 Å². The van der Waals surface area contributed by atoms with E-state index >= 15 is 0 Å². The van der Waals surface area contributed by atoms with Crippen molar-refractivity contribution in [1.29, 1.82) is 0 Å². The first-order chi connectivity index (χ1) is 14.6. The fourth-order valence-electron chi connectivity index (χ4n) is 3.62. The highest BCUT2D eigenvalue weighted by Crippen LogP contribution is 2.29. The number of hydrogen-bond donors (Lipinski definition) is 0. The van der Waals surface area contributed by atoms with Crippen LogP contribution in [0.3, 0.4) is 0 Å². The molecule has 3 nitrogen and oxygen atoms in total. The van der Waals surface area contributed by atoms with E-state index in [0.29, 0.717) is 6.54 Å². The molecule has 0 saturated carbocycles. The summed E-state index contributed by atoms with van der Waals surface area (Å²) in [6.45, 7) is 6.88. The van der Waals surface area contributed by atoms with Crippen molar-refractivity contribution in [2.45, 2.75) is 39.8 Å². The van der Waals surface area contributed by atoms with Gasteiger partial charge in [-0.25, -0.2) is 0 Å². The predicted molar refractivity (Wildman–Crippen MR) is 125 cm³/mol. The van der Waals surface area contributed by atoms with Crippen LogP contribution in [0.1, 0.15) is 37.1 Å². The minimum atomic E-state index is 0.127. The molecule has 0 spiro atoms. The Bertz CT molecular complexity index is 1100. The number of rotatable bonds is 6. The van der Waals surface area contributed by atoms with E-state index in [1.807, 2.05) is 6.07 Å². The van der Waals surface area contributed by atoms with Crippen LogP contribution in [0.4, 0.5) is 0 Å². The molecule has 0 bridgehead atoms. The van der Waals surface area contributed by atoms with Crippen molar-refractivity contribution in [2.75, 3.05) is 0 Å². The third-order valence-corrected chi connectivity index (χ3v) is 5.08. The van der Waals surface area contributed by atoms with Crippen LogP contribution < -0.4 is 4.74 Å². The maximum atomic E-state index is 6.11. The minimum Gasteiger partial charge on any atom is -0.491 e. The van der Waals surface area contributed by atoms with Gasteiger partial charge in [-0.05, 0) is 56.0 Å². The molecule has 2 aromatic carbocycles. The van der Waals surface area contributed by atoms with Crippen LogP contribution in [-0.4, -0.2) is 15.9 Å². The quantitative estimate of drug-likeness (QED) is 0.470. The molecule has 0 fully saturated rings. The molecule has 1 heterocycles. The lowest BCUT2D eigenvalue weighted by molar-refractivity contribution is 0.239. The number of nitrogens with zero attached hydrogens (tertiary/aromatic N) is 2. The van der Waals surface area contributed by atoms with Crippen molar-refractivity contribution in [2.24, 2.45) is 0 Å². The Morgan fingerprint density at radius 3 is 2.63 bits per heavy atom. The largest absolute Gasteiger partial charge is 0.491 e. The van der Waals surface area contributed by atoms with Gasteiger partial charge in [-0.2, -0.15) is 5.10 Å². The number of aromatic nitrogens is 2. The summed E-state index contributed by atoms with van der Waals surface area (Å²) < 4.78 is 8.21. The molecular formula is C27H28N2O. The van der Waals surface area contributed by atoms with Gasteiger partial charge in [0.05, 0.1) is 24.0 Å². The van der Waals surface area contributed by atoms with E-state index in [1.54, 1.807) is 0 Å². The van der Waals surface area contributed by atoms with Crippen LogP contribution in [0.15, 0.2) is 85.0 Å². The van der Waals surface area contributed by atoms with Gasteiger partial charge < -0.3 is 4.74 Å². The maximum absolute atomic E-state index is 6.11. The SMILES string of the molecule is Cc1ccc(Cn2nc(C3=CC=CC=CC3)cc2-c2ccccc2)c(OC(C)C)c1. The van der Waals surface area contributed by atoms with Crippen LogP contribution in [0.2, 0.25) is 0 Å². The molecule has 1 aliphatic carbocycles. The predicted octanol–water partition coefficient (Wildman–Crippen LogP) is 6.59. The lowest BCUT2D eigenvalue weighted by Crippen LogP contribution is -2.11. The second-order valence-electron chi connectivity index (χ2n) is 7.93. The molecular weight excluding hydrogens is 368 g/mol. The number of benzene rings is 2. The van der Waals surface area contributed by atoms with Gasteiger partial charge in [-0.1, -0.05) is 72.8 Å². The Hall–Kier alpha value is -3.33. The topological polar surface area (TPSA) is 27.1 Å². The summed E-state index contributed by atoms with van der Waals surface area (Å²) in [7, 11) is 0. The zero-order chi connectivity index (χ0) is 20.9. The number of hydrogen-bond acceptors (Lipinski definition) is 2. The van der Waals surface area contributed by atoms with E-state index in [0.717, 1.165) is 34.7 Å². The first kappa shape index (κ1) is 20.0. The molecule has 30 heavy (non-hydrogen) atoms. The van der Waals surface area contributed by atoms with Gasteiger partial charge in [0.15, 0.2) is 0 Å². The minimum absolute atomic E-state index is 0.127. The smallest absolute Gasteiger partial charge is 0.125 e. The summed E-state index contributed by atoms with van der Waals surface area (Å²) in [6.07, 6.45) is 11.6. The van der Waals surface area contributed by atoms with Crippen LogP contribution in [0.25, 0.3) is 16.8 Å². The van der Waals surface area contributed by atoms with Crippen LogP contribution >= 0.6 is 0 Å². The standard InChI is InChI=1S/C27H28N2O/c1-20(2)30-27-17-21(3)15-16-24(27)19-29-26(23-13-9-6-10-14-23)18-25(28-29)22-11-7-4-5-8-12-22/h4-11,13-18,20H,12,19H2,1-3H3. The number of allylic oxidation sites excluding steroid dienone is 6. The van der Waals surface area contributed by atoms with Crippen molar-refractivity contribution in [3.63, 3.8) is 0 Å². The zero-order valence-electron chi connectivity index (χ0n) is 17.9. The number of aryl methyl sites for hydroxylation is 1. The Morgan fingerprint density at radius 1 is 1.00 bits per heavy atom. The van der Waals surface area contributed by atoms with Gasteiger partial charge >= 0.3 is 0 Å². The molecule has 0 amide bonds. The maximum Gasteiger partial charge on any atom is 0.125 e. The number of ether oxygens (including phenoxy) is 1. The van der Waals surface area contributed by atoms with E-state index in [4.69, 9.17) is 9.84 Å². The summed E-state index contributed by atoms with van der Waals surface area (Å²) in [5.41, 5.74) is 6.84. The average Bonchev–Trinajstić information content (AvgIpc) is 2.95. The van der Waals surface area contributed by atoms with Crippen LogP contribution in [0, 0.1) is 6.92 Å². The Labute approximate surface area is 179 Å². The van der Waals surface area contributed by atoms with Crippen molar-refractivity contribution < 1.29 is 4.74 Å². The normalized spacial score (nSPS) is 13.4. The molecule has 1 aromatic heterocycles. The fourth-order valence-corrected chi connectivity index (χ4v) is 3.62. The van der Waals surface area contributed by atoms with E-state index in [1.165, 1.54) is 11.1 Å². The summed E-state index contributed by atoms with van der Waals surface area (Å²) in [5, 5.41) is 5.01. The molecule has 0 N–H and O–H groups in total. The van der Waals surface area contributed by atoms with Crippen molar-refractivity contribution in [3.8, 4) is 17.0 Å². The van der Waals surface area contributed by atoms with Crippen LogP contribution in [0.5, 0.6) is 5.75 Å². The Kier molecular flexibility index (Phi) is 5.99. The van der Waals surface area contributed by atoms with Gasteiger partial charge in [0, 0.05) is 5.56 Å². The van der Waals surface area contributed by atoms with Gasteiger partial charge in [0.25, 0.3) is 0 Å². The molecule has 3 heteroatoms. The van der Waals surface area contributed by atoms with E-state index < -0.39 is 0 Å². The van der Waals surface area contributed by atoms with E-state index in [2.05, 4.69) is 104 Å². The van der Waals surface area contributed by atoms with Gasteiger partial charge in [-0.15, -0.1) is 0 Å². The third-order valence-electron chi connectivity index (χ3n) is 5.08. The first-order valence-electron chi connectivity index (χ1n) is 10.5. The molecule has 152 valence electrons. The average molecular weight is 397 g/mol. The van der Waals surface area contributed by atoms with Crippen LogP contribution in [-0.2, 0) is 6.54 Å². The van der Waals surface area contributed by atoms with Crippen molar-refractivity contribution >= 4 is 5.57 Å². The molecule has 4 rings (SSSR count). The third kappa shape index (κ3) is 4.62. The highest BCUT2D eigenvalue weighted by atomic mass is 16.5. The molecule has 0 saturated heterocycles. The van der Waals surface area contributed by atoms with E-state index in [-0.39, 0.29) is 6.10 Å².